The average Bonchev–Trinajstić information content (AvgIpc) is 3.46. The van der Waals surface area contributed by atoms with Crippen LogP contribution in [0.5, 0.6) is 0 Å². The van der Waals surface area contributed by atoms with Gasteiger partial charge in [-0.2, -0.15) is 0 Å². The summed E-state index contributed by atoms with van der Waals surface area (Å²) in [6, 6.07) is 0. The molecular weight excluding hydrogens is 638 g/mol. The van der Waals surface area contributed by atoms with E-state index in [1.54, 1.807) is 0 Å². The molecule has 8 nitrogen and oxygen atoms in total. The predicted octanol–water partition coefficient (Wildman–Crippen LogP) is -0.352. The van der Waals surface area contributed by atoms with Crippen molar-refractivity contribution in [2.24, 2.45) is 58.2 Å². The van der Waals surface area contributed by atoms with Gasteiger partial charge in [0.2, 0.25) is 0 Å². The molecule has 2 N–H and O–H groups in total. The van der Waals surface area contributed by atoms with Gasteiger partial charge in [0.1, 0.15) is 0 Å². The van der Waals surface area contributed by atoms with E-state index in [-0.39, 0.29) is 82.2 Å². The molecular formula is C36H52Na2O8S. The average molecular weight is 691 g/mol. The number of hydrogen-bond donors (Lipinski definition) is 2. The Hall–Kier alpha value is 0.610. The molecule has 8 aliphatic carbocycles. The number of hydrogen-bond acceptors (Lipinski definition) is 8. The van der Waals surface area contributed by atoms with Crippen LogP contribution in [0.3, 0.4) is 0 Å². The van der Waals surface area contributed by atoms with E-state index in [0.29, 0.717) is 23.4 Å². The smallest absolute Gasteiger partial charge is 0.759 e. The molecule has 0 aromatic heterocycles. The molecule has 47 heavy (non-hydrogen) atoms. The standard InChI is InChI=1S/2C18H26O2.2Na.H2O4S/c2*1-18-9-8-14-13-5-3-12(19)10-11(13)2-4-15(14)16(18)6-7-17(18)20;;;1-5(2,3)4/h2*10,13-17,20H,2-9H2,1H3;;;(H2,1,2,3,4)/q;;2*+1;/p-2/t13-,14?,15?,16?,17-,18-;13-,14-,15-,16?,17-,18-;;;/m00.../s1. The van der Waals surface area contributed by atoms with Crippen LogP contribution in [0.1, 0.15) is 117 Å². The first-order chi connectivity index (χ1) is 21.2. The molecule has 0 spiro atoms. The molecule has 0 bridgehead atoms. The summed E-state index contributed by atoms with van der Waals surface area (Å²) in [7, 11) is -5.17. The third kappa shape index (κ3) is 8.16. The van der Waals surface area contributed by atoms with Gasteiger partial charge in [0.15, 0.2) is 11.6 Å². The normalized spacial score (nSPS) is 44.6. The molecule has 6 saturated carbocycles. The Morgan fingerprint density at radius 1 is 0.596 bits per heavy atom. The van der Waals surface area contributed by atoms with Crippen LogP contribution in [0, 0.1) is 58.2 Å². The zero-order valence-electron chi connectivity index (χ0n) is 29.0. The maximum atomic E-state index is 11.6. The van der Waals surface area contributed by atoms with Crippen LogP contribution in [0.4, 0.5) is 0 Å². The number of fused-ring (bicyclic) bond motifs is 10. The third-order valence-electron chi connectivity index (χ3n) is 14.5. The third-order valence-corrected chi connectivity index (χ3v) is 14.5. The van der Waals surface area contributed by atoms with Crippen molar-refractivity contribution in [1.29, 1.82) is 0 Å². The first-order valence-corrected chi connectivity index (χ1v) is 19.0. The minimum atomic E-state index is -5.17. The van der Waals surface area contributed by atoms with E-state index in [1.165, 1.54) is 62.5 Å². The van der Waals surface area contributed by atoms with Crippen LogP contribution < -0.4 is 59.1 Å². The summed E-state index contributed by atoms with van der Waals surface area (Å²) in [5.74, 6) is 6.76. The van der Waals surface area contributed by atoms with Crippen molar-refractivity contribution >= 4 is 22.0 Å². The van der Waals surface area contributed by atoms with E-state index < -0.39 is 10.4 Å². The van der Waals surface area contributed by atoms with Crippen LogP contribution in [-0.2, 0) is 20.0 Å². The Kier molecular flexibility index (Phi) is 13.5. The fraction of sp³-hybridized carbons (Fsp3) is 0.833. The van der Waals surface area contributed by atoms with Gasteiger partial charge in [0, 0.05) is 23.2 Å². The zero-order valence-corrected chi connectivity index (χ0v) is 33.8. The van der Waals surface area contributed by atoms with Crippen molar-refractivity contribution in [3.63, 3.8) is 0 Å². The Morgan fingerprint density at radius 3 is 1.32 bits per heavy atom. The molecule has 4 unspecified atom stereocenters. The maximum absolute atomic E-state index is 11.6. The second kappa shape index (κ2) is 15.7. The molecule has 0 aromatic rings. The molecule has 12 atom stereocenters. The summed E-state index contributed by atoms with van der Waals surface area (Å²) in [5, 5.41) is 20.8. The van der Waals surface area contributed by atoms with Gasteiger partial charge in [0.25, 0.3) is 0 Å². The second-order valence-corrected chi connectivity index (χ2v) is 17.1. The van der Waals surface area contributed by atoms with Gasteiger partial charge in [-0.25, -0.2) is 0 Å². The van der Waals surface area contributed by atoms with Gasteiger partial charge < -0.3 is 19.3 Å². The molecule has 0 radical (unpaired) electrons. The topological polar surface area (TPSA) is 155 Å². The SMILES string of the molecule is C[C@]12CCC3C(CCC4=CC(=O)CC[C@@H]43)C1CC[C@@H]2O.C[C@]12CC[C@@H]3[C@H](CCC4=CC(=O)CC[C@@H]43)C1CC[C@@H]2O.O=S(=O)([O-])[O-].[Na+].[Na+]. The number of carbonyl (C=O) groups excluding carboxylic acids is 2. The van der Waals surface area contributed by atoms with Crippen molar-refractivity contribution in [2.45, 2.75) is 129 Å². The van der Waals surface area contributed by atoms with Gasteiger partial charge in [-0.3, -0.25) is 18.0 Å². The molecule has 0 heterocycles. The minimum absolute atomic E-state index is 0. The van der Waals surface area contributed by atoms with Crippen LogP contribution >= 0.6 is 0 Å². The molecule has 11 heteroatoms. The van der Waals surface area contributed by atoms with E-state index in [1.807, 2.05) is 12.2 Å². The van der Waals surface area contributed by atoms with Gasteiger partial charge in [-0.1, -0.05) is 25.0 Å². The summed E-state index contributed by atoms with van der Waals surface area (Å²) in [6.45, 7) is 4.67. The summed E-state index contributed by atoms with van der Waals surface area (Å²) in [4.78, 5) is 23.3. The fourth-order valence-electron chi connectivity index (χ4n) is 12.3. The number of aliphatic hydroxyl groups is 2. The molecule has 0 saturated heterocycles. The fourth-order valence-corrected chi connectivity index (χ4v) is 12.3. The van der Waals surface area contributed by atoms with Crippen LogP contribution in [0.2, 0.25) is 0 Å². The van der Waals surface area contributed by atoms with Gasteiger partial charge >= 0.3 is 59.1 Å². The predicted molar refractivity (Wildman–Crippen MR) is 167 cm³/mol. The number of allylic oxidation sites excluding steroid dienone is 2. The summed E-state index contributed by atoms with van der Waals surface area (Å²) in [5.41, 5.74) is 3.30. The molecule has 0 aromatic carbocycles. The van der Waals surface area contributed by atoms with Gasteiger partial charge in [-0.05, 0) is 160 Å². The number of aliphatic hydroxyl groups excluding tert-OH is 2. The molecule has 0 aliphatic heterocycles. The monoisotopic (exact) mass is 690 g/mol. The zero-order chi connectivity index (χ0) is 32.3. The van der Waals surface area contributed by atoms with Crippen LogP contribution in [0.25, 0.3) is 0 Å². The van der Waals surface area contributed by atoms with E-state index in [2.05, 4.69) is 13.8 Å². The van der Waals surface area contributed by atoms with Gasteiger partial charge in [0.05, 0.1) is 12.2 Å². The summed E-state index contributed by atoms with van der Waals surface area (Å²) in [6.07, 6.45) is 21.7. The van der Waals surface area contributed by atoms with E-state index >= 15 is 0 Å². The Bertz CT molecular complexity index is 1250. The van der Waals surface area contributed by atoms with Crippen molar-refractivity contribution in [3.05, 3.63) is 23.3 Å². The number of carbonyl (C=O) groups is 2. The summed E-state index contributed by atoms with van der Waals surface area (Å²) < 4.78 is 34.1. The molecule has 6 fully saturated rings. The molecule has 252 valence electrons. The summed E-state index contributed by atoms with van der Waals surface area (Å²) >= 11 is 0. The molecule has 8 rings (SSSR count). The van der Waals surface area contributed by atoms with Crippen LogP contribution in [-0.4, -0.2) is 51.5 Å². The van der Waals surface area contributed by atoms with Gasteiger partial charge in [-0.15, -0.1) is 0 Å². The minimum Gasteiger partial charge on any atom is -0.759 e. The van der Waals surface area contributed by atoms with Crippen molar-refractivity contribution in [2.75, 3.05) is 0 Å². The van der Waals surface area contributed by atoms with E-state index in [4.69, 9.17) is 17.5 Å². The quantitative estimate of drug-likeness (QED) is 0.199. The van der Waals surface area contributed by atoms with Crippen molar-refractivity contribution in [1.82, 2.24) is 0 Å². The van der Waals surface area contributed by atoms with Crippen molar-refractivity contribution in [3.8, 4) is 0 Å². The second-order valence-electron chi connectivity index (χ2n) is 16.3. The maximum Gasteiger partial charge on any atom is 1.00 e. The first-order valence-electron chi connectivity index (χ1n) is 17.7. The van der Waals surface area contributed by atoms with E-state index in [0.717, 1.165) is 86.9 Å². The molecule has 0 amide bonds. The Labute approximate surface area is 325 Å². The Balaban J connectivity index is 0.000000180. The largest absolute Gasteiger partial charge is 1.00 e. The number of ketones is 2. The Morgan fingerprint density at radius 2 is 0.957 bits per heavy atom. The molecule has 8 aliphatic rings. The van der Waals surface area contributed by atoms with Crippen LogP contribution in [0.15, 0.2) is 23.3 Å². The van der Waals surface area contributed by atoms with E-state index in [9.17, 15) is 19.8 Å². The number of rotatable bonds is 0. The first kappa shape index (κ1) is 40.4. The van der Waals surface area contributed by atoms with Crippen molar-refractivity contribution < 1.29 is 96.4 Å².